The Morgan fingerprint density at radius 1 is 1.20 bits per heavy atom. The first-order valence-electron chi connectivity index (χ1n) is 6.67. The molecular weight excluding hydrogens is 252 g/mol. The molecule has 3 rings (SSSR count). The number of amides is 1. The smallest absolute Gasteiger partial charge is 0.263 e. The topological polar surface area (TPSA) is 53.2 Å². The van der Waals surface area contributed by atoms with Gasteiger partial charge in [-0.25, -0.2) is 0 Å². The Labute approximate surface area is 117 Å². The van der Waals surface area contributed by atoms with Gasteiger partial charge in [0, 0.05) is 17.9 Å². The van der Waals surface area contributed by atoms with E-state index in [2.05, 4.69) is 11.1 Å². The molecule has 4 nitrogen and oxygen atoms in total. The third-order valence-corrected chi connectivity index (χ3v) is 3.67. The Balaban J connectivity index is 2.01. The molecule has 0 saturated heterocycles. The summed E-state index contributed by atoms with van der Waals surface area (Å²) in [6.07, 6.45) is 0.838. The summed E-state index contributed by atoms with van der Waals surface area (Å²) >= 11 is 0. The predicted octanol–water partition coefficient (Wildman–Crippen LogP) is 2.19. The number of pyridine rings is 1. The zero-order chi connectivity index (χ0) is 14.3. The average molecular weight is 268 g/mol. The Kier molecular flexibility index (Phi) is 2.93. The van der Waals surface area contributed by atoms with Gasteiger partial charge in [-0.15, -0.1) is 0 Å². The van der Waals surface area contributed by atoms with Crippen molar-refractivity contribution in [1.29, 1.82) is 0 Å². The van der Waals surface area contributed by atoms with Crippen LogP contribution in [0.15, 0.2) is 35.1 Å². The number of benzene rings is 1. The lowest BCUT2D eigenvalue weighted by Gasteiger charge is -2.17. The van der Waals surface area contributed by atoms with E-state index in [1.165, 1.54) is 0 Å². The number of carbonyl (C=O) groups is 1. The highest BCUT2D eigenvalue weighted by molar-refractivity contribution is 6.07. The van der Waals surface area contributed by atoms with Crippen molar-refractivity contribution in [2.45, 2.75) is 20.3 Å². The number of rotatable bonds is 1. The standard InChI is InChI=1S/C16H16N2O2/c1-10-3-5-12-7-8-18(14(12)9-10)16(20)13-6-4-11(2)17-15(13)19/h3-6,9H,7-8H2,1-2H3,(H,17,19). The number of hydrogen-bond donors (Lipinski definition) is 1. The highest BCUT2D eigenvalue weighted by Gasteiger charge is 2.26. The van der Waals surface area contributed by atoms with Crippen LogP contribution in [0.5, 0.6) is 0 Å². The van der Waals surface area contributed by atoms with Crippen LogP contribution < -0.4 is 10.5 Å². The second kappa shape index (κ2) is 4.63. The fourth-order valence-corrected chi connectivity index (χ4v) is 2.59. The van der Waals surface area contributed by atoms with E-state index < -0.39 is 0 Å². The first-order chi connectivity index (χ1) is 9.56. The Morgan fingerprint density at radius 2 is 2.00 bits per heavy atom. The summed E-state index contributed by atoms with van der Waals surface area (Å²) in [5.41, 5.74) is 3.83. The molecule has 0 radical (unpaired) electrons. The molecule has 4 heteroatoms. The number of fused-ring (bicyclic) bond motifs is 1. The summed E-state index contributed by atoms with van der Waals surface area (Å²) in [6, 6.07) is 9.46. The zero-order valence-electron chi connectivity index (χ0n) is 11.6. The second-order valence-electron chi connectivity index (χ2n) is 5.22. The van der Waals surface area contributed by atoms with E-state index in [1.54, 1.807) is 24.0 Å². The van der Waals surface area contributed by atoms with Gasteiger partial charge in [0.2, 0.25) is 0 Å². The molecule has 20 heavy (non-hydrogen) atoms. The number of nitrogens with one attached hydrogen (secondary N) is 1. The third kappa shape index (κ3) is 2.03. The van der Waals surface area contributed by atoms with E-state index in [-0.39, 0.29) is 17.0 Å². The molecule has 2 heterocycles. The van der Waals surface area contributed by atoms with E-state index in [0.29, 0.717) is 6.54 Å². The molecule has 1 amide bonds. The fourth-order valence-electron chi connectivity index (χ4n) is 2.59. The number of nitrogens with zero attached hydrogens (tertiary/aromatic N) is 1. The molecule has 1 N–H and O–H groups in total. The Morgan fingerprint density at radius 3 is 2.75 bits per heavy atom. The maximum atomic E-state index is 12.6. The van der Waals surface area contributed by atoms with Crippen molar-refractivity contribution >= 4 is 11.6 Å². The van der Waals surface area contributed by atoms with Crippen LogP contribution >= 0.6 is 0 Å². The van der Waals surface area contributed by atoms with Crippen LogP contribution in [-0.2, 0) is 6.42 Å². The molecule has 1 aliphatic rings. The number of anilines is 1. The summed E-state index contributed by atoms with van der Waals surface area (Å²) in [4.78, 5) is 28.8. The molecule has 0 atom stereocenters. The molecule has 1 aromatic carbocycles. The molecule has 2 aromatic rings. The van der Waals surface area contributed by atoms with Crippen LogP contribution in [0.4, 0.5) is 5.69 Å². The van der Waals surface area contributed by atoms with Crippen molar-refractivity contribution in [3.8, 4) is 0 Å². The first kappa shape index (κ1) is 12.7. The normalized spacial score (nSPS) is 13.4. The van der Waals surface area contributed by atoms with Gasteiger partial charge in [-0.3, -0.25) is 9.59 Å². The summed E-state index contributed by atoms with van der Waals surface area (Å²) in [5.74, 6) is -0.226. The van der Waals surface area contributed by atoms with Gasteiger partial charge < -0.3 is 9.88 Å². The lowest BCUT2D eigenvalue weighted by Crippen LogP contribution is -2.33. The van der Waals surface area contributed by atoms with Crippen molar-refractivity contribution in [3.05, 3.63) is 63.1 Å². The van der Waals surface area contributed by atoms with Crippen molar-refractivity contribution in [1.82, 2.24) is 4.98 Å². The molecule has 0 saturated carbocycles. The van der Waals surface area contributed by atoms with Gasteiger partial charge in [0.25, 0.3) is 11.5 Å². The van der Waals surface area contributed by atoms with Crippen LogP contribution in [0, 0.1) is 13.8 Å². The monoisotopic (exact) mass is 268 g/mol. The average Bonchev–Trinajstić information content (AvgIpc) is 2.81. The van der Waals surface area contributed by atoms with Gasteiger partial charge >= 0.3 is 0 Å². The maximum Gasteiger partial charge on any atom is 0.263 e. The molecule has 0 spiro atoms. The van der Waals surface area contributed by atoms with E-state index in [9.17, 15) is 9.59 Å². The van der Waals surface area contributed by atoms with E-state index >= 15 is 0 Å². The van der Waals surface area contributed by atoms with Crippen LogP contribution in [0.1, 0.15) is 27.2 Å². The summed E-state index contributed by atoms with van der Waals surface area (Å²) < 4.78 is 0. The van der Waals surface area contributed by atoms with Gasteiger partial charge in [0.1, 0.15) is 5.56 Å². The van der Waals surface area contributed by atoms with Crippen molar-refractivity contribution in [3.63, 3.8) is 0 Å². The van der Waals surface area contributed by atoms with E-state index in [0.717, 1.165) is 28.9 Å². The Hall–Kier alpha value is -2.36. The van der Waals surface area contributed by atoms with Crippen molar-refractivity contribution in [2.24, 2.45) is 0 Å². The molecule has 0 bridgehead atoms. The van der Waals surface area contributed by atoms with Gasteiger partial charge in [-0.05, 0) is 49.6 Å². The maximum absolute atomic E-state index is 12.6. The second-order valence-corrected chi connectivity index (χ2v) is 5.22. The Bertz CT molecular complexity index is 746. The number of hydrogen-bond acceptors (Lipinski definition) is 2. The van der Waals surface area contributed by atoms with Gasteiger partial charge in [-0.2, -0.15) is 0 Å². The number of aromatic nitrogens is 1. The minimum absolute atomic E-state index is 0.199. The molecule has 1 aliphatic heterocycles. The first-order valence-corrected chi connectivity index (χ1v) is 6.67. The van der Waals surface area contributed by atoms with Crippen LogP contribution in [0.25, 0.3) is 0 Å². The number of H-pyrrole nitrogens is 1. The number of aryl methyl sites for hydroxylation is 2. The molecule has 102 valence electrons. The van der Waals surface area contributed by atoms with E-state index in [1.807, 2.05) is 19.1 Å². The largest absolute Gasteiger partial charge is 0.326 e. The van der Waals surface area contributed by atoms with Crippen LogP contribution in [0.3, 0.4) is 0 Å². The number of carbonyl (C=O) groups excluding carboxylic acids is 1. The third-order valence-electron chi connectivity index (χ3n) is 3.67. The van der Waals surface area contributed by atoms with E-state index in [4.69, 9.17) is 0 Å². The molecule has 0 aliphatic carbocycles. The highest BCUT2D eigenvalue weighted by atomic mass is 16.2. The van der Waals surface area contributed by atoms with Gasteiger partial charge in [0.05, 0.1) is 0 Å². The SMILES string of the molecule is Cc1ccc2c(c1)N(C(=O)c1ccc(C)[nH]c1=O)CC2. The molecule has 0 fully saturated rings. The predicted molar refractivity (Wildman–Crippen MR) is 78.4 cm³/mol. The van der Waals surface area contributed by atoms with Crippen LogP contribution in [0.2, 0.25) is 0 Å². The quantitative estimate of drug-likeness (QED) is 0.862. The summed E-state index contributed by atoms with van der Waals surface area (Å²) in [5, 5.41) is 0. The molecule has 1 aromatic heterocycles. The summed E-state index contributed by atoms with van der Waals surface area (Å²) in [6.45, 7) is 4.43. The number of aromatic amines is 1. The van der Waals surface area contributed by atoms with Crippen molar-refractivity contribution in [2.75, 3.05) is 11.4 Å². The van der Waals surface area contributed by atoms with Crippen molar-refractivity contribution < 1.29 is 4.79 Å². The summed E-state index contributed by atoms with van der Waals surface area (Å²) in [7, 11) is 0. The fraction of sp³-hybridized carbons (Fsp3) is 0.250. The lowest BCUT2D eigenvalue weighted by atomic mass is 10.1. The van der Waals surface area contributed by atoms with Gasteiger partial charge in [-0.1, -0.05) is 12.1 Å². The van der Waals surface area contributed by atoms with Crippen LogP contribution in [-0.4, -0.2) is 17.4 Å². The van der Waals surface area contributed by atoms with Gasteiger partial charge in [0.15, 0.2) is 0 Å². The minimum atomic E-state index is -0.323. The minimum Gasteiger partial charge on any atom is -0.326 e. The lowest BCUT2D eigenvalue weighted by molar-refractivity contribution is 0.0988. The molecule has 0 unspecified atom stereocenters. The molecular formula is C16H16N2O2. The zero-order valence-corrected chi connectivity index (χ0v) is 11.6. The highest BCUT2D eigenvalue weighted by Crippen LogP contribution is 2.29.